The Morgan fingerprint density at radius 1 is 1.69 bits per heavy atom. The zero-order valence-electron chi connectivity index (χ0n) is 7.14. The molecule has 1 aromatic heterocycles. The van der Waals surface area contributed by atoms with Gasteiger partial charge in [-0.1, -0.05) is 0 Å². The number of ether oxygens (including phenoxy) is 1. The third-order valence-electron chi connectivity index (χ3n) is 1.47. The number of carbonyl (C=O) groups is 1. The smallest absolute Gasteiger partial charge is 0.356 e. The molecule has 0 aliphatic carbocycles. The topological polar surface area (TPSA) is 81.4 Å². The number of rotatable bonds is 2. The summed E-state index contributed by atoms with van der Waals surface area (Å²) in [6.45, 7) is 0. The Morgan fingerprint density at radius 2 is 2.31 bits per heavy atom. The molecule has 6 nitrogen and oxygen atoms in total. The van der Waals surface area contributed by atoms with Crippen LogP contribution in [0.4, 0.5) is 0 Å². The summed E-state index contributed by atoms with van der Waals surface area (Å²) in [4.78, 5) is 21.7. The molecule has 1 heterocycles. The number of aromatic carboxylic acids is 1. The fourth-order valence-electron chi connectivity index (χ4n) is 0.832. The van der Waals surface area contributed by atoms with Gasteiger partial charge in [0.1, 0.15) is 0 Å². The molecule has 13 heavy (non-hydrogen) atoms. The summed E-state index contributed by atoms with van der Waals surface area (Å²) in [6.07, 6.45) is 0. The second-order valence-corrected chi connectivity index (χ2v) is 2.33. The average molecular weight is 184 g/mol. The van der Waals surface area contributed by atoms with Crippen molar-refractivity contribution in [2.75, 3.05) is 7.11 Å². The number of aryl methyl sites for hydroxylation is 1. The van der Waals surface area contributed by atoms with E-state index in [9.17, 15) is 9.59 Å². The minimum absolute atomic E-state index is 0.0325. The lowest BCUT2D eigenvalue weighted by Crippen LogP contribution is -2.23. The summed E-state index contributed by atoms with van der Waals surface area (Å²) in [5.74, 6) is -1.23. The third-order valence-corrected chi connectivity index (χ3v) is 1.47. The van der Waals surface area contributed by atoms with Gasteiger partial charge in [-0.2, -0.15) is 5.10 Å². The van der Waals surface area contributed by atoms with Gasteiger partial charge in [-0.05, 0) is 0 Å². The quantitative estimate of drug-likeness (QED) is 0.669. The number of carboxylic acid groups (broad SMARTS) is 1. The molecule has 0 spiro atoms. The first-order chi connectivity index (χ1) is 6.06. The molecule has 0 fully saturated rings. The lowest BCUT2D eigenvalue weighted by Gasteiger charge is -2.02. The summed E-state index contributed by atoms with van der Waals surface area (Å²) < 4.78 is 5.60. The Bertz CT molecular complexity index is 396. The summed E-state index contributed by atoms with van der Waals surface area (Å²) in [5.41, 5.74) is -0.688. The number of hydrogen-bond donors (Lipinski definition) is 1. The van der Waals surface area contributed by atoms with Crippen LogP contribution in [0.15, 0.2) is 10.9 Å². The SMILES string of the molecule is COc1cc(C(=O)O)nn(C)c1=O. The van der Waals surface area contributed by atoms with Crippen LogP contribution in [0.5, 0.6) is 5.75 Å². The summed E-state index contributed by atoms with van der Waals surface area (Å²) >= 11 is 0. The Labute approximate surface area is 73.4 Å². The molecule has 0 saturated heterocycles. The molecule has 0 radical (unpaired) electrons. The first-order valence-corrected chi connectivity index (χ1v) is 3.42. The maximum atomic E-state index is 11.2. The van der Waals surface area contributed by atoms with E-state index < -0.39 is 11.5 Å². The fraction of sp³-hybridized carbons (Fsp3) is 0.286. The van der Waals surface area contributed by atoms with E-state index in [0.717, 1.165) is 10.7 Å². The number of methoxy groups -OCH3 is 1. The van der Waals surface area contributed by atoms with Gasteiger partial charge in [0.2, 0.25) is 0 Å². The normalized spacial score (nSPS) is 9.69. The van der Waals surface area contributed by atoms with Crippen LogP contribution in [0.1, 0.15) is 10.5 Å². The second kappa shape index (κ2) is 3.26. The Hall–Kier alpha value is -1.85. The molecule has 1 aromatic rings. The molecular weight excluding hydrogens is 176 g/mol. The molecule has 0 saturated carbocycles. The molecule has 70 valence electrons. The van der Waals surface area contributed by atoms with E-state index >= 15 is 0 Å². The van der Waals surface area contributed by atoms with Gasteiger partial charge >= 0.3 is 11.5 Å². The van der Waals surface area contributed by atoms with Gasteiger partial charge in [0.15, 0.2) is 11.4 Å². The van der Waals surface area contributed by atoms with Gasteiger partial charge in [0.25, 0.3) is 0 Å². The number of hydrogen-bond acceptors (Lipinski definition) is 4. The van der Waals surface area contributed by atoms with Gasteiger partial charge in [-0.15, -0.1) is 0 Å². The molecule has 0 aliphatic heterocycles. The molecule has 0 aromatic carbocycles. The largest absolute Gasteiger partial charge is 0.491 e. The van der Waals surface area contributed by atoms with E-state index in [1.165, 1.54) is 14.2 Å². The monoisotopic (exact) mass is 184 g/mol. The van der Waals surface area contributed by atoms with Crippen molar-refractivity contribution in [3.05, 3.63) is 22.1 Å². The van der Waals surface area contributed by atoms with Crippen LogP contribution in [-0.2, 0) is 7.05 Å². The summed E-state index contributed by atoms with van der Waals surface area (Å²) in [5, 5.41) is 12.1. The highest BCUT2D eigenvalue weighted by molar-refractivity contribution is 5.85. The molecule has 1 N–H and O–H groups in total. The van der Waals surface area contributed by atoms with E-state index in [1.807, 2.05) is 0 Å². The molecule has 1 rings (SSSR count). The van der Waals surface area contributed by atoms with Gasteiger partial charge in [-0.25, -0.2) is 9.48 Å². The van der Waals surface area contributed by atoms with E-state index in [1.54, 1.807) is 0 Å². The lowest BCUT2D eigenvalue weighted by molar-refractivity contribution is 0.0687. The number of aromatic nitrogens is 2. The predicted molar refractivity (Wildman–Crippen MR) is 43.0 cm³/mol. The standard InChI is InChI=1S/C7H8N2O4/c1-9-6(10)5(13-2)3-4(8-9)7(11)12/h3H,1-2H3,(H,11,12). The van der Waals surface area contributed by atoms with Crippen molar-refractivity contribution in [3.63, 3.8) is 0 Å². The van der Waals surface area contributed by atoms with Crippen LogP contribution in [0, 0.1) is 0 Å². The highest BCUT2D eigenvalue weighted by atomic mass is 16.5. The molecule has 0 atom stereocenters. The zero-order valence-corrected chi connectivity index (χ0v) is 7.14. The second-order valence-electron chi connectivity index (χ2n) is 2.33. The number of carboxylic acids is 1. The van der Waals surface area contributed by atoms with Crippen molar-refractivity contribution in [3.8, 4) is 5.75 Å². The molecule has 0 amide bonds. The number of nitrogens with zero attached hydrogens (tertiary/aromatic N) is 2. The van der Waals surface area contributed by atoms with E-state index in [4.69, 9.17) is 5.11 Å². The molecule has 0 bridgehead atoms. The minimum Gasteiger partial charge on any atom is -0.491 e. The Balaban J connectivity index is 3.39. The van der Waals surface area contributed by atoms with E-state index in [0.29, 0.717) is 0 Å². The van der Waals surface area contributed by atoms with Crippen LogP contribution in [0.3, 0.4) is 0 Å². The molecular formula is C7H8N2O4. The van der Waals surface area contributed by atoms with Crippen molar-refractivity contribution in [1.82, 2.24) is 9.78 Å². The van der Waals surface area contributed by atoms with Crippen molar-refractivity contribution < 1.29 is 14.6 Å². The van der Waals surface area contributed by atoms with Crippen molar-refractivity contribution in [2.24, 2.45) is 7.05 Å². The fourth-order valence-corrected chi connectivity index (χ4v) is 0.832. The van der Waals surface area contributed by atoms with Gasteiger partial charge < -0.3 is 9.84 Å². The highest BCUT2D eigenvalue weighted by Gasteiger charge is 2.10. The first kappa shape index (κ1) is 9.24. The first-order valence-electron chi connectivity index (χ1n) is 3.42. The predicted octanol–water partition coefficient (Wildman–Crippen LogP) is -0.513. The van der Waals surface area contributed by atoms with Crippen LogP contribution >= 0.6 is 0 Å². The Morgan fingerprint density at radius 3 is 2.77 bits per heavy atom. The third kappa shape index (κ3) is 1.66. The van der Waals surface area contributed by atoms with E-state index in [-0.39, 0.29) is 11.4 Å². The average Bonchev–Trinajstić information content (AvgIpc) is 2.09. The van der Waals surface area contributed by atoms with Crippen LogP contribution in [0.25, 0.3) is 0 Å². The molecule has 0 aliphatic rings. The van der Waals surface area contributed by atoms with Gasteiger partial charge in [0.05, 0.1) is 7.11 Å². The van der Waals surface area contributed by atoms with E-state index in [2.05, 4.69) is 9.84 Å². The van der Waals surface area contributed by atoms with Crippen molar-refractivity contribution in [2.45, 2.75) is 0 Å². The zero-order chi connectivity index (χ0) is 10.0. The van der Waals surface area contributed by atoms with Crippen LogP contribution in [0.2, 0.25) is 0 Å². The molecule has 6 heteroatoms. The van der Waals surface area contributed by atoms with Gasteiger partial charge in [-0.3, -0.25) is 4.79 Å². The van der Waals surface area contributed by atoms with Crippen molar-refractivity contribution >= 4 is 5.97 Å². The lowest BCUT2D eigenvalue weighted by atomic mass is 10.4. The molecule has 0 unspecified atom stereocenters. The van der Waals surface area contributed by atoms with Crippen LogP contribution in [-0.4, -0.2) is 28.0 Å². The van der Waals surface area contributed by atoms with Crippen molar-refractivity contribution in [1.29, 1.82) is 0 Å². The maximum Gasteiger partial charge on any atom is 0.356 e. The maximum absolute atomic E-state index is 11.2. The summed E-state index contributed by atoms with van der Waals surface area (Å²) in [7, 11) is 2.65. The summed E-state index contributed by atoms with van der Waals surface area (Å²) in [6, 6.07) is 1.09. The van der Waals surface area contributed by atoms with Crippen LogP contribution < -0.4 is 10.3 Å². The highest BCUT2D eigenvalue weighted by Crippen LogP contribution is 2.03. The van der Waals surface area contributed by atoms with Gasteiger partial charge in [0, 0.05) is 13.1 Å². The Kier molecular flexibility index (Phi) is 2.32. The minimum atomic E-state index is -1.20.